The van der Waals surface area contributed by atoms with Crippen LogP contribution >= 0.6 is 0 Å². The fraction of sp³-hybridized carbons (Fsp3) is 0.125. The van der Waals surface area contributed by atoms with Gasteiger partial charge in [0.05, 0.1) is 5.39 Å². The minimum absolute atomic E-state index is 0.0501. The zero-order valence-electron chi connectivity index (χ0n) is 13.3. The summed E-state index contributed by atoms with van der Waals surface area (Å²) in [5, 5.41) is 14.9. The molecule has 9 heteroatoms. The molecule has 0 unspecified atom stereocenters. The summed E-state index contributed by atoms with van der Waals surface area (Å²) in [4.78, 5) is 5.11. The molecule has 3 rings (SSSR count). The molecule has 0 aliphatic rings. The van der Waals surface area contributed by atoms with Gasteiger partial charge in [-0.15, -0.1) is 0 Å². The van der Waals surface area contributed by atoms with Gasteiger partial charge in [0.15, 0.2) is 29.1 Å². The Labute approximate surface area is 140 Å². The van der Waals surface area contributed by atoms with Crippen LogP contribution in [0.25, 0.3) is 10.9 Å². The van der Waals surface area contributed by atoms with Crippen LogP contribution in [0.4, 0.5) is 24.7 Å². The SMILES string of the molecule is CN(C)c1c(F)c(F)c2c(N=C(NO)c3ccccc3)n[nH]c2c1F. The topological polar surface area (TPSA) is 76.5 Å². The van der Waals surface area contributed by atoms with Crippen molar-refractivity contribution in [1.29, 1.82) is 0 Å². The molecule has 25 heavy (non-hydrogen) atoms. The summed E-state index contributed by atoms with van der Waals surface area (Å²) >= 11 is 0. The van der Waals surface area contributed by atoms with Gasteiger partial charge in [-0.2, -0.15) is 5.10 Å². The number of fused-ring (bicyclic) bond motifs is 1. The summed E-state index contributed by atoms with van der Waals surface area (Å²) in [6.45, 7) is 0. The Morgan fingerprint density at radius 2 is 1.80 bits per heavy atom. The molecule has 0 bridgehead atoms. The number of hydrogen-bond acceptors (Lipinski definition) is 4. The summed E-state index contributed by atoms with van der Waals surface area (Å²) in [5.74, 6) is -3.95. The second kappa shape index (κ2) is 6.44. The van der Waals surface area contributed by atoms with Crippen LogP contribution in [0.3, 0.4) is 0 Å². The lowest BCUT2D eigenvalue weighted by molar-refractivity contribution is 0.235. The number of aromatic amines is 1. The zero-order chi connectivity index (χ0) is 18.1. The van der Waals surface area contributed by atoms with Crippen LogP contribution in [0.5, 0.6) is 0 Å². The highest BCUT2D eigenvalue weighted by Crippen LogP contribution is 2.36. The Morgan fingerprint density at radius 3 is 2.40 bits per heavy atom. The highest BCUT2D eigenvalue weighted by molar-refractivity contribution is 6.02. The highest BCUT2D eigenvalue weighted by atomic mass is 19.2. The van der Waals surface area contributed by atoms with Gasteiger partial charge in [-0.05, 0) is 0 Å². The van der Waals surface area contributed by atoms with Crippen molar-refractivity contribution in [2.75, 3.05) is 19.0 Å². The van der Waals surface area contributed by atoms with Gasteiger partial charge in [-0.1, -0.05) is 30.3 Å². The van der Waals surface area contributed by atoms with Gasteiger partial charge >= 0.3 is 0 Å². The second-order valence-electron chi connectivity index (χ2n) is 5.42. The number of H-pyrrole nitrogens is 1. The summed E-state index contributed by atoms with van der Waals surface area (Å²) in [6, 6.07) is 8.44. The fourth-order valence-electron chi connectivity index (χ4n) is 2.46. The quantitative estimate of drug-likeness (QED) is 0.294. The Hall–Kier alpha value is -3.07. The van der Waals surface area contributed by atoms with Crippen LogP contribution in [0.2, 0.25) is 0 Å². The van der Waals surface area contributed by atoms with E-state index in [-0.39, 0.29) is 17.2 Å². The number of nitrogens with zero attached hydrogens (tertiary/aromatic N) is 3. The molecular weight excluding hydrogens is 335 g/mol. The molecule has 130 valence electrons. The largest absolute Gasteiger partial charge is 0.373 e. The second-order valence-corrected chi connectivity index (χ2v) is 5.42. The first kappa shape index (κ1) is 16.8. The lowest BCUT2D eigenvalue weighted by atomic mass is 10.1. The number of anilines is 1. The van der Waals surface area contributed by atoms with Crippen molar-refractivity contribution in [2.24, 2.45) is 4.99 Å². The lowest BCUT2D eigenvalue weighted by Gasteiger charge is -2.15. The molecule has 0 saturated carbocycles. The molecule has 1 aromatic heterocycles. The molecule has 0 fully saturated rings. The third-order valence-corrected chi connectivity index (χ3v) is 3.61. The Kier molecular flexibility index (Phi) is 4.32. The fourth-order valence-corrected chi connectivity index (χ4v) is 2.46. The van der Waals surface area contributed by atoms with Crippen molar-refractivity contribution >= 4 is 28.2 Å². The van der Waals surface area contributed by atoms with Crippen LogP contribution in [-0.4, -0.2) is 35.3 Å². The molecule has 0 atom stereocenters. The predicted molar refractivity (Wildman–Crippen MR) is 87.9 cm³/mol. The Bertz CT molecular complexity index is 954. The Balaban J connectivity index is 2.24. The number of rotatable bonds is 3. The van der Waals surface area contributed by atoms with Crippen molar-refractivity contribution < 1.29 is 18.4 Å². The van der Waals surface area contributed by atoms with Gasteiger partial charge in [-0.3, -0.25) is 15.8 Å². The van der Waals surface area contributed by atoms with Crippen molar-refractivity contribution in [3.05, 3.63) is 53.3 Å². The molecule has 6 nitrogen and oxygen atoms in total. The van der Waals surface area contributed by atoms with Crippen LogP contribution in [0.1, 0.15) is 5.56 Å². The van der Waals surface area contributed by atoms with E-state index in [1.54, 1.807) is 30.3 Å². The van der Waals surface area contributed by atoms with E-state index < -0.39 is 28.5 Å². The van der Waals surface area contributed by atoms with Gasteiger partial charge in [-0.25, -0.2) is 18.2 Å². The average Bonchev–Trinajstić information content (AvgIpc) is 3.02. The molecule has 0 saturated heterocycles. The molecule has 0 aliphatic carbocycles. The van der Waals surface area contributed by atoms with Crippen molar-refractivity contribution in [2.45, 2.75) is 0 Å². The first-order valence-electron chi connectivity index (χ1n) is 7.21. The van der Waals surface area contributed by atoms with Crippen molar-refractivity contribution in [1.82, 2.24) is 15.7 Å². The molecule has 3 aromatic rings. The van der Waals surface area contributed by atoms with E-state index in [4.69, 9.17) is 0 Å². The number of amidine groups is 1. The standard InChI is InChI=1S/C16H14F3N5O/c1-24(2)14-11(18)10(17)9-13(12(14)19)21-22-16(9)20-15(23-25)8-6-4-3-5-7-8/h3-7,25H,1-2H3,(H2,20,21,22,23). The normalized spacial score (nSPS) is 11.8. The molecule has 2 aromatic carbocycles. The maximum atomic E-state index is 14.5. The number of hydroxylamine groups is 1. The van der Waals surface area contributed by atoms with Gasteiger partial charge < -0.3 is 4.90 Å². The number of aliphatic imine (C=N–C) groups is 1. The van der Waals surface area contributed by atoms with Crippen LogP contribution in [0, 0.1) is 17.5 Å². The maximum absolute atomic E-state index is 14.5. The van der Waals surface area contributed by atoms with Crippen LogP contribution in [0.15, 0.2) is 35.3 Å². The smallest absolute Gasteiger partial charge is 0.186 e. The monoisotopic (exact) mass is 349 g/mol. The van der Waals surface area contributed by atoms with Crippen LogP contribution < -0.4 is 10.4 Å². The zero-order valence-corrected chi connectivity index (χ0v) is 13.3. The maximum Gasteiger partial charge on any atom is 0.186 e. The Morgan fingerprint density at radius 1 is 1.12 bits per heavy atom. The third-order valence-electron chi connectivity index (χ3n) is 3.61. The number of nitrogens with one attached hydrogen (secondary N) is 2. The van der Waals surface area contributed by atoms with Gasteiger partial charge in [0.25, 0.3) is 0 Å². The minimum atomic E-state index is -1.34. The van der Waals surface area contributed by atoms with E-state index >= 15 is 0 Å². The molecule has 0 spiro atoms. The molecule has 1 heterocycles. The summed E-state index contributed by atoms with van der Waals surface area (Å²) in [6.07, 6.45) is 0. The van der Waals surface area contributed by atoms with Crippen molar-refractivity contribution in [3.8, 4) is 0 Å². The predicted octanol–water partition coefficient (Wildman–Crippen LogP) is 3.10. The van der Waals surface area contributed by atoms with E-state index in [0.717, 1.165) is 4.90 Å². The van der Waals surface area contributed by atoms with E-state index in [2.05, 4.69) is 15.2 Å². The lowest BCUT2D eigenvalue weighted by Crippen LogP contribution is -2.19. The van der Waals surface area contributed by atoms with E-state index in [1.807, 2.05) is 5.48 Å². The molecule has 3 N–H and O–H groups in total. The summed E-state index contributed by atoms with van der Waals surface area (Å²) in [5.41, 5.74) is 1.52. The minimum Gasteiger partial charge on any atom is -0.373 e. The van der Waals surface area contributed by atoms with Gasteiger partial charge in [0.1, 0.15) is 11.2 Å². The van der Waals surface area contributed by atoms with E-state index in [1.165, 1.54) is 14.1 Å². The van der Waals surface area contributed by atoms with Crippen LogP contribution in [-0.2, 0) is 0 Å². The number of benzene rings is 2. The molecule has 0 radical (unpaired) electrons. The van der Waals surface area contributed by atoms with Gasteiger partial charge in [0.2, 0.25) is 0 Å². The molecule has 0 amide bonds. The summed E-state index contributed by atoms with van der Waals surface area (Å²) in [7, 11) is 2.79. The highest BCUT2D eigenvalue weighted by Gasteiger charge is 2.25. The molecule has 0 aliphatic heterocycles. The number of halogens is 3. The van der Waals surface area contributed by atoms with E-state index in [9.17, 15) is 18.4 Å². The first-order chi connectivity index (χ1) is 12.0. The third kappa shape index (κ3) is 2.78. The number of hydrogen-bond donors (Lipinski definition) is 3. The first-order valence-corrected chi connectivity index (χ1v) is 7.21. The van der Waals surface area contributed by atoms with Crippen molar-refractivity contribution in [3.63, 3.8) is 0 Å². The average molecular weight is 349 g/mol. The summed E-state index contributed by atoms with van der Waals surface area (Å²) < 4.78 is 43.2. The van der Waals surface area contributed by atoms with Gasteiger partial charge in [0, 0.05) is 19.7 Å². The van der Waals surface area contributed by atoms with E-state index in [0.29, 0.717) is 5.56 Å². The molecular formula is C16H14F3N5O. The number of aromatic nitrogens is 2.